The second-order valence-corrected chi connectivity index (χ2v) is 5.43. The van der Waals surface area contributed by atoms with Crippen molar-refractivity contribution in [2.45, 2.75) is 6.92 Å². The molecule has 0 amide bonds. The lowest BCUT2D eigenvalue weighted by atomic mass is 10.1. The van der Waals surface area contributed by atoms with Crippen LogP contribution in [0.15, 0.2) is 52.9 Å². The van der Waals surface area contributed by atoms with E-state index in [1.54, 1.807) is 6.07 Å². The van der Waals surface area contributed by atoms with Crippen LogP contribution in [0, 0.1) is 18.6 Å². The first-order valence-electron chi connectivity index (χ1n) is 7.27. The molecule has 24 heavy (non-hydrogen) atoms. The van der Waals surface area contributed by atoms with Gasteiger partial charge < -0.3 is 4.42 Å². The predicted molar refractivity (Wildman–Crippen MR) is 85.1 cm³/mol. The summed E-state index contributed by atoms with van der Waals surface area (Å²) in [6, 6.07) is 12.6. The maximum absolute atomic E-state index is 13.8. The summed E-state index contributed by atoms with van der Waals surface area (Å²) in [5, 5.41) is 8.68. The minimum absolute atomic E-state index is 0.0786. The molecule has 0 saturated carbocycles. The number of aromatic nitrogens is 3. The molecular formula is C18H11F2N3O. The normalized spacial score (nSPS) is 11.1. The maximum Gasteiger partial charge on any atom is 0.266 e. The summed E-state index contributed by atoms with van der Waals surface area (Å²) in [4.78, 5) is 4.47. The molecule has 0 radical (unpaired) electrons. The van der Waals surface area contributed by atoms with Crippen molar-refractivity contribution in [2.75, 3.05) is 0 Å². The van der Waals surface area contributed by atoms with Crippen LogP contribution in [-0.2, 0) is 0 Å². The van der Waals surface area contributed by atoms with Gasteiger partial charge in [0.1, 0.15) is 17.3 Å². The quantitative estimate of drug-likeness (QED) is 0.543. The zero-order valence-electron chi connectivity index (χ0n) is 12.6. The van der Waals surface area contributed by atoms with Gasteiger partial charge in [-0.25, -0.2) is 13.8 Å². The summed E-state index contributed by atoms with van der Waals surface area (Å²) in [7, 11) is 0. The lowest BCUT2D eigenvalue weighted by Gasteiger charge is -2.01. The van der Waals surface area contributed by atoms with E-state index in [1.807, 2.05) is 31.2 Å². The van der Waals surface area contributed by atoms with E-state index in [9.17, 15) is 8.78 Å². The third-order valence-corrected chi connectivity index (χ3v) is 3.65. The van der Waals surface area contributed by atoms with E-state index >= 15 is 0 Å². The lowest BCUT2D eigenvalue weighted by Crippen LogP contribution is -1.86. The number of hydrogen-bond acceptors (Lipinski definition) is 4. The van der Waals surface area contributed by atoms with Crippen molar-refractivity contribution in [2.24, 2.45) is 0 Å². The molecule has 0 aliphatic rings. The van der Waals surface area contributed by atoms with Crippen molar-refractivity contribution < 1.29 is 13.2 Å². The van der Waals surface area contributed by atoms with E-state index in [0.29, 0.717) is 5.69 Å². The first-order valence-corrected chi connectivity index (χ1v) is 7.27. The van der Waals surface area contributed by atoms with Crippen LogP contribution in [-0.4, -0.2) is 15.2 Å². The van der Waals surface area contributed by atoms with Crippen molar-refractivity contribution in [1.82, 2.24) is 15.2 Å². The largest absolute Gasteiger partial charge is 0.414 e. The average Bonchev–Trinajstić information content (AvgIpc) is 3.06. The Balaban J connectivity index is 1.77. The SMILES string of the molecule is Cc1ccc2nc(-c3nnc(-c4cc(F)ccc4F)o3)ccc2c1. The molecule has 2 heterocycles. The van der Waals surface area contributed by atoms with Gasteiger partial charge in [-0.2, -0.15) is 0 Å². The number of aryl methyl sites for hydroxylation is 1. The van der Waals surface area contributed by atoms with E-state index in [1.165, 1.54) is 0 Å². The fraction of sp³-hybridized carbons (Fsp3) is 0.0556. The highest BCUT2D eigenvalue weighted by atomic mass is 19.1. The van der Waals surface area contributed by atoms with Crippen LogP contribution in [0.25, 0.3) is 33.9 Å². The molecule has 6 heteroatoms. The van der Waals surface area contributed by atoms with Crippen molar-refractivity contribution in [3.05, 3.63) is 65.7 Å². The van der Waals surface area contributed by atoms with Crippen molar-refractivity contribution >= 4 is 10.9 Å². The van der Waals surface area contributed by atoms with Crippen LogP contribution in [0.5, 0.6) is 0 Å². The standard InChI is InChI=1S/C18H11F2N3O/c1-10-2-6-15-11(8-10)3-7-16(21-15)18-23-22-17(24-18)13-9-12(19)4-5-14(13)20/h2-9H,1H3. The van der Waals surface area contributed by atoms with E-state index in [0.717, 1.165) is 34.7 Å². The van der Waals surface area contributed by atoms with Crippen molar-refractivity contribution in [3.63, 3.8) is 0 Å². The first kappa shape index (κ1) is 14.4. The smallest absolute Gasteiger partial charge is 0.266 e. The maximum atomic E-state index is 13.8. The molecule has 0 atom stereocenters. The fourth-order valence-electron chi connectivity index (χ4n) is 2.46. The van der Waals surface area contributed by atoms with Gasteiger partial charge in [0.2, 0.25) is 0 Å². The number of halogens is 2. The number of hydrogen-bond donors (Lipinski definition) is 0. The minimum Gasteiger partial charge on any atom is -0.414 e. The summed E-state index contributed by atoms with van der Waals surface area (Å²) in [6.07, 6.45) is 0. The average molecular weight is 323 g/mol. The molecule has 4 rings (SSSR count). The Morgan fingerprint density at radius 3 is 2.58 bits per heavy atom. The van der Waals surface area contributed by atoms with Gasteiger partial charge in [-0.15, -0.1) is 10.2 Å². The van der Waals surface area contributed by atoms with Crippen LogP contribution in [0.4, 0.5) is 8.78 Å². The number of pyridine rings is 1. The molecule has 4 aromatic rings. The van der Waals surface area contributed by atoms with Crippen LogP contribution < -0.4 is 0 Å². The highest BCUT2D eigenvalue weighted by Gasteiger charge is 2.16. The topological polar surface area (TPSA) is 51.8 Å². The van der Waals surface area contributed by atoms with Crippen LogP contribution in [0.3, 0.4) is 0 Å². The van der Waals surface area contributed by atoms with Gasteiger partial charge in [0, 0.05) is 5.39 Å². The molecule has 2 aromatic carbocycles. The molecular weight excluding hydrogens is 312 g/mol. The Hall–Kier alpha value is -3.15. The molecule has 0 fully saturated rings. The van der Waals surface area contributed by atoms with Crippen LogP contribution in [0.1, 0.15) is 5.56 Å². The molecule has 4 nitrogen and oxygen atoms in total. The Labute approximate surface area is 135 Å². The van der Waals surface area contributed by atoms with E-state index < -0.39 is 11.6 Å². The molecule has 0 aliphatic carbocycles. The monoisotopic (exact) mass is 323 g/mol. The molecule has 0 aliphatic heterocycles. The molecule has 0 bridgehead atoms. The Morgan fingerprint density at radius 2 is 1.71 bits per heavy atom. The van der Waals surface area contributed by atoms with Gasteiger partial charge in [0.15, 0.2) is 0 Å². The zero-order valence-corrected chi connectivity index (χ0v) is 12.6. The number of rotatable bonds is 2. The Bertz CT molecular complexity index is 1060. The highest BCUT2D eigenvalue weighted by molar-refractivity contribution is 5.81. The summed E-state index contributed by atoms with van der Waals surface area (Å²) < 4.78 is 32.6. The van der Waals surface area contributed by atoms with E-state index in [-0.39, 0.29) is 17.3 Å². The number of nitrogens with zero attached hydrogens (tertiary/aromatic N) is 3. The van der Waals surface area contributed by atoms with Crippen LogP contribution >= 0.6 is 0 Å². The van der Waals surface area contributed by atoms with Gasteiger partial charge in [0.25, 0.3) is 11.8 Å². The highest BCUT2D eigenvalue weighted by Crippen LogP contribution is 2.26. The van der Waals surface area contributed by atoms with Gasteiger partial charge >= 0.3 is 0 Å². The van der Waals surface area contributed by atoms with Crippen molar-refractivity contribution in [3.8, 4) is 23.0 Å². The molecule has 0 saturated heterocycles. The predicted octanol–water partition coefficient (Wildman–Crippen LogP) is 4.54. The second kappa shape index (κ2) is 5.49. The Kier molecular flexibility index (Phi) is 3.30. The second-order valence-electron chi connectivity index (χ2n) is 5.43. The third kappa shape index (κ3) is 2.52. The van der Waals surface area contributed by atoms with Gasteiger partial charge in [-0.1, -0.05) is 17.7 Å². The zero-order chi connectivity index (χ0) is 16.7. The van der Waals surface area contributed by atoms with Gasteiger partial charge in [0.05, 0.1) is 11.1 Å². The molecule has 0 unspecified atom stereocenters. The number of fused-ring (bicyclic) bond motifs is 1. The van der Waals surface area contributed by atoms with E-state index in [2.05, 4.69) is 15.2 Å². The third-order valence-electron chi connectivity index (χ3n) is 3.65. The number of benzene rings is 2. The molecule has 0 N–H and O–H groups in total. The van der Waals surface area contributed by atoms with Crippen molar-refractivity contribution in [1.29, 1.82) is 0 Å². The minimum atomic E-state index is -0.631. The summed E-state index contributed by atoms with van der Waals surface area (Å²) >= 11 is 0. The molecule has 0 spiro atoms. The summed E-state index contributed by atoms with van der Waals surface area (Å²) in [5.41, 5.74) is 2.32. The van der Waals surface area contributed by atoms with E-state index in [4.69, 9.17) is 4.42 Å². The summed E-state index contributed by atoms with van der Waals surface area (Å²) in [6.45, 7) is 2.01. The van der Waals surface area contributed by atoms with Crippen LogP contribution in [0.2, 0.25) is 0 Å². The first-order chi connectivity index (χ1) is 11.6. The fourth-order valence-corrected chi connectivity index (χ4v) is 2.46. The molecule has 118 valence electrons. The summed E-state index contributed by atoms with van der Waals surface area (Å²) in [5.74, 6) is -1.15. The Morgan fingerprint density at radius 1 is 0.875 bits per heavy atom. The molecule has 2 aromatic heterocycles. The lowest BCUT2D eigenvalue weighted by molar-refractivity contribution is 0.562. The van der Waals surface area contributed by atoms with Gasteiger partial charge in [-0.05, 0) is 43.3 Å². The van der Waals surface area contributed by atoms with Gasteiger partial charge in [-0.3, -0.25) is 0 Å².